The second kappa shape index (κ2) is 26.2. The minimum absolute atomic E-state index is 0.302. The van der Waals surface area contributed by atoms with Crippen molar-refractivity contribution in [2.45, 2.75) is 249 Å². The summed E-state index contributed by atoms with van der Waals surface area (Å²) in [6.07, 6.45) is -17.6. The second-order valence-corrected chi connectivity index (χ2v) is 17.4. The molecule has 4 saturated heterocycles. The molecule has 0 aromatic heterocycles. The quantitative estimate of drug-likeness (QED) is 0.0585. The Hall–Kier alpha value is -2.64. The van der Waals surface area contributed by atoms with Gasteiger partial charge in [-0.2, -0.15) is 0 Å². The molecular weight excluding hydrogens is 864 g/mol. The Labute approximate surface area is 380 Å². The average Bonchev–Trinajstić information content (AvgIpc) is 3.22. The zero-order chi connectivity index (χ0) is 48.1. The lowest BCUT2D eigenvalue weighted by Crippen LogP contribution is -2.67. The molecule has 0 radical (unpaired) electrons. The number of carbonyl (C=O) groups is 4. The first-order chi connectivity index (χ1) is 30.7. The van der Waals surface area contributed by atoms with E-state index in [9.17, 15) is 44.7 Å². The molecule has 4 aliphatic rings. The van der Waals surface area contributed by atoms with Crippen LogP contribution in [0.4, 0.5) is 0 Å². The topological polar surface area (TPSA) is 280 Å². The van der Waals surface area contributed by atoms with Crippen molar-refractivity contribution in [2.75, 3.05) is 6.61 Å². The minimum atomic E-state index is -1.84. The number of aliphatic hydroxyl groups is 5. The molecule has 21 nitrogen and oxygen atoms in total. The van der Waals surface area contributed by atoms with Gasteiger partial charge in [0.25, 0.3) is 0 Å². The third kappa shape index (κ3) is 15.4. The predicted molar refractivity (Wildman–Crippen MR) is 222 cm³/mol. The van der Waals surface area contributed by atoms with Crippen LogP contribution in [-0.4, -0.2) is 179 Å². The molecule has 0 amide bonds. The van der Waals surface area contributed by atoms with Crippen molar-refractivity contribution in [1.29, 1.82) is 0 Å². The molecule has 0 unspecified atom stereocenters. The first kappa shape index (κ1) is 55.0. The fourth-order valence-electron chi connectivity index (χ4n) is 8.53. The van der Waals surface area contributed by atoms with Gasteiger partial charge < -0.3 is 82.4 Å². The summed E-state index contributed by atoms with van der Waals surface area (Å²) < 4.78 is 70.5. The molecule has 0 aromatic carbocycles. The van der Waals surface area contributed by atoms with E-state index in [0.29, 0.717) is 6.61 Å². The summed E-state index contributed by atoms with van der Waals surface area (Å²) >= 11 is 0. The summed E-state index contributed by atoms with van der Waals surface area (Å²) in [6.45, 7) is 12.8. The largest absolute Gasteiger partial charge is 0.457 e. The molecule has 0 aliphatic carbocycles. The summed E-state index contributed by atoms with van der Waals surface area (Å²) in [4.78, 5) is 49.7. The molecule has 65 heavy (non-hydrogen) atoms. The molecule has 376 valence electrons. The summed E-state index contributed by atoms with van der Waals surface area (Å²) in [5, 5.41) is 55.7. The van der Waals surface area contributed by atoms with Crippen molar-refractivity contribution in [3.63, 3.8) is 0 Å². The number of carbonyl (C=O) groups excluding carboxylic acids is 4. The Morgan fingerprint density at radius 3 is 1.32 bits per heavy atom. The normalized spacial score (nSPS) is 39.8. The van der Waals surface area contributed by atoms with E-state index in [4.69, 9.17) is 56.8 Å². The van der Waals surface area contributed by atoms with Crippen molar-refractivity contribution in [3.8, 4) is 0 Å². The van der Waals surface area contributed by atoms with Crippen LogP contribution in [0.1, 0.15) is 127 Å². The molecular formula is C44H74O21. The van der Waals surface area contributed by atoms with Crippen molar-refractivity contribution < 1.29 is 102 Å². The lowest BCUT2D eigenvalue weighted by molar-refractivity contribution is -0.385. The first-order valence-electron chi connectivity index (χ1n) is 23.0. The number of esters is 4. The maximum atomic E-state index is 12.7. The lowest BCUT2D eigenvalue weighted by atomic mass is 9.95. The molecule has 0 spiro atoms. The minimum Gasteiger partial charge on any atom is -0.457 e. The van der Waals surface area contributed by atoms with Crippen LogP contribution in [0.3, 0.4) is 0 Å². The van der Waals surface area contributed by atoms with Gasteiger partial charge in [0.1, 0.15) is 48.8 Å². The Morgan fingerprint density at radius 2 is 0.769 bits per heavy atom. The molecule has 4 aliphatic heterocycles. The van der Waals surface area contributed by atoms with Crippen LogP contribution in [0.15, 0.2) is 0 Å². The summed E-state index contributed by atoms with van der Waals surface area (Å²) in [7, 11) is 0. The third-order valence-corrected chi connectivity index (χ3v) is 11.9. The van der Waals surface area contributed by atoms with E-state index >= 15 is 0 Å². The molecule has 0 bridgehead atoms. The molecule has 4 fully saturated rings. The van der Waals surface area contributed by atoms with Crippen molar-refractivity contribution in [3.05, 3.63) is 0 Å². The van der Waals surface area contributed by atoms with Crippen LogP contribution >= 0.6 is 0 Å². The fourth-order valence-corrected chi connectivity index (χ4v) is 8.53. The summed E-state index contributed by atoms with van der Waals surface area (Å²) in [5.41, 5.74) is 0. The van der Waals surface area contributed by atoms with Gasteiger partial charge in [0.05, 0.1) is 24.4 Å². The van der Waals surface area contributed by atoms with Crippen LogP contribution < -0.4 is 0 Å². The number of hydrogen-bond donors (Lipinski definition) is 5. The highest BCUT2D eigenvalue weighted by atomic mass is 16.8. The van der Waals surface area contributed by atoms with Crippen LogP contribution in [0.2, 0.25) is 0 Å². The van der Waals surface area contributed by atoms with Gasteiger partial charge in [0, 0.05) is 34.3 Å². The van der Waals surface area contributed by atoms with Gasteiger partial charge in [-0.3, -0.25) is 19.2 Å². The van der Waals surface area contributed by atoms with E-state index in [0.717, 1.165) is 53.4 Å². The van der Waals surface area contributed by atoms with Gasteiger partial charge in [0.15, 0.2) is 49.6 Å². The molecule has 4 rings (SSSR count). The van der Waals surface area contributed by atoms with E-state index in [1.807, 2.05) is 0 Å². The number of ether oxygens (including phenoxy) is 12. The Morgan fingerprint density at radius 1 is 0.385 bits per heavy atom. The van der Waals surface area contributed by atoms with E-state index in [1.165, 1.54) is 59.3 Å². The maximum absolute atomic E-state index is 12.7. The van der Waals surface area contributed by atoms with Crippen molar-refractivity contribution >= 4 is 23.9 Å². The highest BCUT2D eigenvalue weighted by Gasteiger charge is 2.57. The van der Waals surface area contributed by atoms with Gasteiger partial charge in [-0.1, -0.05) is 64.7 Å². The predicted octanol–water partition coefficient (Wildman–Crippen LogP) is 1.59. The van der Waals surface area contributed by atoms with Gasteiger partial charge in [-0.05, 0) is 34.1 Å². The molecule has 21 heteroatoms. The molecule has 5 N–H and O–H groups in total. The smallest absolute Gasteiger partial charge is 0.303 e. The molecule has 0 saturated carbocycles. The van der Waals surface area contributed by atoms with Crippen LogP contribution in [0, 0.1) is 0 Å². The van der Waals surface area contributed by atoms with Gasteiger partial charge >= 0.3 is 23.9 Å². The van der Waals surface area contributed by atoms with Crippen LogP contribution in [0.5, 0.6) is 0 Å². The second-order valence-electron chi connectivity index (χ2n) is 17.4. The van der Waals surface area contributed by atoms with Crippen molar-refractivity contribution in [2.24, 2.45) is 0 Å². The Kier molecular flexibility index (Phi) is 22.2. The zero-order valence-corrected chi connectivity index (χ0v) is 39.1. The summed E-state index contributed by atoms with van der Waals surface area (Å²) in [6, 6.07) is 0. The Bertz CT molecular complexity index is 1490. The van der Waals surface area contributed by atoms with Gasteiger partial charge in [-0.15, -0.1) is 0 Å². The van der Waals surface area contributed by atoms with E-state index < -0.39 is 147 Å². The Balaban J connectivity index is 1.51. The number of aliphatic hydroxyl groups excluding tert-OH is 5. The molecule has 0 aromatic rings. The number of rotatable bonds is 22. The van der Waals surface area contributed by atoms with Crippen molar-refractivity contribution in [1.82, 2.24) is 0 Å². The fraction of sp³-hybridized carbons (Fsp3) is 0.909. The van der Waals surface area contributed by atoms with Gasteiger partial charge in [0.2, 0.25) is 0 Å². The first-order valence-corrected chi connectivity index (χ1v) is 23.0. The third-order valence-electron chi connectivity index (χ3n) is 11.9. The average molecular weight is 939 g/mol. The maximum Gasteiger partial charge on any atom is 0.303 e. The lowest BCUT2D eigenvalue weighted by Gasteiger charge is -2.50. The SMILES string of the molecule is CCCCCCCCCCCCO[C@@H]1O[C@@H](C)[C@H](O[C@@H]2O[C@@H](C)[C@H](OC(C)=O)[C@@H](O[C@@H]3O[C@@H](C)[C@H](OC(C)=O)[C@@H](O[C@@H]4O[C@@H](C)[C@H](O)[C@@H](O)[C@H]4OC(C)=O)[C@H]3OC(C)=O)[C@H]2O)[C@@H](O)[C@H]1O. The standard InChI is InChI=1S/C44H74O21/c1-10-11-12-13-14-15-16-17-18-19-20-54-41-32(52)31(51)34(22(3)56-41)63-42-33(53)37(35(23(4)57-42)59-25(6)45)64-44-40(62-28(9)48)39(36(24(5)58-44)60-26(7)46)65-43-38(61-27(8)47)30(50)29(49)21(2)55-43/h21-24,29-44,49-53H,10-20H2,1-9H3/t21-,22-,23-,24-,29-,30+,31-,32+,33+,34-,35-,36-,37-,38+,39+,40+,41+,42-,43-,44-/m0/s1. The van der Waals surface area contributed by atoms with Crippen LogP contribution in [-0.2, 0) is 76.0 Å². The number of hydrogen-bond acceptors (Lipinski definition) is 21. The highest BCUT2D eigenvalue weighted by Crippen LogP contribution is 2.37. The molecule has 20 atom stereocenters. The van der Waals surface area contributed by atoms with Gasteiger partial charge in [-0.25, -0.2) is 0 Å². The van der Waals surface area contributed by atoms with E-state index in [2.05, 4.69) is 6.92 Å². The molecule has 4 heterocycles. The van der Waals surface area contributed by atoms with E-state index in [1.54, 1.807) is 6.92 Å². The zero-order valence-electron chi connectivity index (χ0n) is 39.1. The van der Waals surface area contributed by atoms with Crippen LogP contribution in [0.25, 0.3) is 0 Å². The number of unbranched alkanes of at least 4 members (excludes halogenated alkanes) is 9. The monoisotopic (exact) mass is 938 g/mol. The van der Waals surface area contributed by atoms with E-state index in [-0.39, 0.29) is 0 Å². The summed E-state index contributed by atoms with van der Waals surface area (Å²) in [5.74, 6) is -3.34. The highest BCUT2D eigenvalue weighted by molar-refractivity contribution is 5.67.